The lowest BCUT2D eigenvalue weighted by Gasteiger charge is -2.26. The van der Waals surface area contributed by atoms with Gasteiger partial charge in [-0.2, -0.15) is 0 Å². The number of ether oxygens (including phenoxy) is 2. The molecular weight excluding hydrogens is 310 g/mol. The summed E-state index contributed by atoms with van der Waals surface area (Å²) in [6.07, 6.45) is 1.79. The number of benzene rings is 1. The van der Waals surface area contributed by atoms with Gasteiger partial charge in [-0.1, -0.05) is 22.0 Å². The number of nitrogens with zero attached hydrogens (tertiary/aromatic N) is 1. The molecule has 102 valence electrons. The first-order valence-electron chi connectivity index (χ1n) is 6.00. The highest BCUT2D eigenvalue weighted by Crippen LogP contribution is 2.32. The molecule has 1 aliphatic heterocycles. The molecule has 1 fully saturated rings. The van der Waals surface area contributed by atoms with E-state index in [1.165, 1.54) is 0 Å². The summed E-state index contributed by atoms with van der Waals surface area (Å²) in [5.41, 5.74) is 0.807. The van der Waals surface area contributed by atoms with Crippen LogP contribution in [0.5, 0.6) is 5.75 Å². The zero-order chi connectivity index (χ0) is 13.8. The van der Waals surface area contributed by atoms with E-state index in [2.05, 4.69) is 22.5 Å². The SMILES string of the molecule is C=CCO[C@@H]1[C@@H](Br)CC(=O)N1c1ccc(OC)cc1. The van der Waals surface area contributed by atoms with Crippen molar-refractivity contribution >= 4 is 27.5 Å². The van der Waals surface area contributed by atoms with Crippen molar-refractivity contribution in [2.75, 3.05) is 18.6 Å². The summed E-state index contributed by atoms with van der Waals surface area (Å²) in [6, 6.07) is 7.36. The third-order valence-corrected chi connectivity index (χ3v) is 3.71. The second kappa shape index (κ2) is 6.21. The van der Waals surface area contributed by atoms with Crippen LogP contribution in [0, 0.1) is 0 Å². The van der Waals surface area contributed by atoms with Gasteiger partial charge in [0.15, 0.2) is 0 Å². The zero-order valence-electron chi connectivity index (χ0n) is 10.7. The Kier molecular flexibility index (Phi) is 4.61. The lowest BCUT2D eigenvalue weighted by atomic mass is 10.3. The fourth-order valence-corrected chi connectivity index (χ4v) is 2.71. The minimum atomic E-state index is -0.307. The molecule has 0 aromatic heterocycles. The minimum Gasteiger partial charge on any atom is -0.497 e. The summed E-state index contributed by atoms with van der Waals surface area (Å²) in [6.45, 7) is 4.04. The van der Waals surface area contributed by atoms with Crippen molar-refractivity contribution < 1.29 is 14.3 Å². The molecule has 4 nitrogen and oxygen atoms in total. The van der Waals surface area contributed by atoms with Gasteiger partial charge in [0.2, 0.25) is 5.91 Å². The summed E-state index contributed by atoms with van der Waals surface area (Å²) in [4.78, 5) is 13.7. The van der Waals surface area contributed by atoms with Crippen molar-refractivity contribution in [1.29, 1.82) is 0 Å². The maximum atomic E-state index is 12.1. The van der Waals surface area contributed by atoms with Gasteiger partial charge in [0, 0.05) is 12.1 Å². The van der Waals surface area contributed by atoms with E-state index < -0.39 is 0 Å². The van der Waals surface area contributed by atoms with Gasteiger partial charge in [-0.05, 0) is 24.3 Å². The number of amides is 1. The molecule has 1 aromatic rings. The van der Waals surface area contributed by atoms with Crippen molar-refractivity contribution in [3.05, 3.63) is 36.9 Å². The Balaban J connectivity index is 2.22. The van der Waals surface area contributed by atoms with Crippen LogP contribution >= 0.6 is 15.9 Å². The molecule has 1 heterocycles. The summed E-state index contributed by atoms with van der Waals surface area (Å²) in [5, 5.41) is 0. The first-order chi connectivity index (χ1) is 9.17. The molecule has 0 spiro atoms. The Morgan fingerprint density at radius 2 is 2.16 bits per heavy atom. The van der Waals surface area contributed by atoms with Gasteiger partial charge in [0.25, 0.3) is 0 Å². The van der Waals surface area contributed by atoms with E-state index in [-0.39, 0.29) is 17.0 Å². The Bertz CT molecular complexity index is 460. The molecule has 1 aliphatic rings. The first-order valence-corrected chi connectivity index (χ1v) is 6.91. The van der Waals surface area contributed by atoms with E-state index in [0.29, 0.717) is 13.0 Å². The molecule has 0 N–H and O–H groups in total. The maximum Gasteiger partial charge on any atom is 0.230 e. The van der Waals surface area contributed by atoms with Crippen LogP contribution < -0.4 is 9.64 Å². The largest absolute Gasteiger partial charge is 0.497 e. The van der Waals surface area contributed by atoms with Gasteiger partial charge >= 0.3 is 0 Å². The average molecular weight is 326 g/mol. The number of alkyl halides is 1. The first kappa shape index (κ1) is 14.1. The smallest absolute Gasteiger partial charge is 0.230 e. The number of halogens is 1. The van der Waals surface area contributed by atoms with E-state index in [9.17, 15) is 4.79 Å². The second-order valence-electron chi connectivity index (χ2n) is 4.19. The van der Waals surface area contributed by atoms with Gasteiger partial charge < -0.3 is 9.47 Å². The summed E-state index contributed by atoms with van der Waals surface area (Å²) in [5.74, 6) is 0.801. The van der Waals surface area contributed by atoms with Crippen molar-refractivity contribution in [2.45, 2.75) is 17.5 Å². The Morgan fingerprint density at radius 3 is 2.74 bits per heavy atom. The molecule has 5 heteroatoms. The van der Waals surface area contributed by atoms with Crippen LogP contribution in [0.1, 0.15) is 6.42 Å². The fraction of sp³-hybridized carbons (Fsp3) is 0.357. The third kappa shape index (κ3) is 2.98. The Morgan fingerprint density at radius 1 is 1.47 bits per heavy atom. The predicted molar refractivity (Wildman–Crippen MR) is 77.7 cm³/mol. The molecule has 0 unspecified atom stereocenters. The molecule has 19 heavy (non-hydrogen) atoms. The van der Waals surface area contributed by atoms with E-state index in [0.717, 1.165) is 11.4 Å². The molecular formula is C14H16BrNO3. The number of hydrogen-bond donors (Lipinski definition) is 0. The van der Waals surface area contributed by atoms with E-state index in [4.69, 9.17) is 9.47 Å². The molecule has 1 amide bonds. The quantitative estimate of drug-likeness (QED) is 0.617. The van der Waals surface area contributed by atoms with Crippen molar-refractivity contribution in [1.82, 2.24) is 0 Å². The van der Waals surface area contributed by atoms with E-state index >= 15 is 0 Å². The van der Waals surface area contributed by atoms with Crippen LogP contribution in [0.2, 0.25) is 0 Å². The van der Waals surface area contributed by atoms with Crippen LogP contribution in [-0.4, -0.2) is 30.7 Å². The lowest BCUT2D eigenvalue weighted by Crippen LogP contribution is -2.37. The normalized spacial score (nSPS) is 22.6. The minimum absolute atomic E-state index is 0.0120. The number of rotatable bonds is 5. The Hall–Kier alpha value is -1.33. The fourth-order valence-electron chi connectivity index (χ4n) is 2.05. The standard InChI is InChI=1S/C14H16BrNO3/c1-3-8-19-14-12(15)9-13(17)16(14)10-4-6-11(18-2)7-5-10/h3-7,12,14H,1,8-9H2,2H3/t12-,14+/m0/s1. The number of hydrogen-bond acceptors (Lipinski definition) is 3. The predicted octanol–water partition coefficient (Wildman–Crippen LogP) is 2.72. The Labute approximate surface area is 121 Å². The molecule has 0 bridgehead atoms. The van der Waals surface area contributed by atoms with Gasteiger partial charge in [0.05, 0.1) is 18.5 Å². The lowest BCUT2D eigenvalue weighted by molar-refractivity contribution is -0.117. The molecule has 2 rings (SSSR count). The topological polar surface area (TPSA) is 38.8 Å². The monoisotopic (exact) mass is 325 g/mol. The van der Waals surface area contributed by atoms with Crippen molar-refractivity contribution in [3.63, 3.8) is 0 Å². The zero-order valence-corrected chi connectivity index (χ0v) is 12.3. The van der Waals surface area contributed by atoms with Gasteiger partial charge in [-0.15, -0.1) is 6.58 Å². The van der Waals surface area contributed by atoms with Crippen LogP contribution in [0.15, 0.2) is 36.9 Å². The number of methoxy groups -OCH3 is 1. The number of carbonyl (C=O) groups excluding carboxylic acids is 1. The van der Waals surface area contributed by atoms with Gasteiger partial charge in [-0.3, -0.25) is 9.69 Å². The molecule has 1 aromatic carbocycles. The third-order valence-electron chi connectivity index (χ3n) is 2.94. The molecule has 0 aliphatic carbocycles. The van der Waals surface area contributed by atoms with E-state index in [1.54, 1.807) is 18.1 Å². The van der Waals surface area contributed by atoms with Crippen LogP contribution in [-0.2, 0) is 9.53 Å². The molecule has 1 saturated heterocycles. The number of carbonyl (C=O) groups is 1. The highest BCUT2D eigenvalue weighted by atomic mass is 79.9. The van der Waals surface area contributed by atoms with Gasteiger partial charge in [-0.25, -0.2) is 0 Å². The van der Waals surface area contributed by atoms with Crippen LogP contribution in [0.25, 0.3) is 0 Å². The second-order valence-corrected chi connectivity index (χ2v) is 5.37. The van der Waals surface area contributed by atoms with Crippen LogP contribution in [0.3, 0.4) is 0 Å². The molecule has 0 radical (unpaired) electrons. The number of anilines is 1. The van der Waals surface area contributed by atoms with Gasteiger partial charge in [0.1, 0.15) is 12.0 Å². The highest BCUT2D eigenvalue weighted by Gasteiger charge is 2.39. The molecule has 2 atom stereocenters. The average Bonchev–Trinajstić information content (AvgIpc) is 2.71. The van der Waals surface area contributed by atoms with Crippen molar-refractivity contribution in [2.24, 2.45) is 0 Å². The summed E-state index contributed by atoms with van der Waals surface area (Å²) >= 11 is 3.49. The highest BCUT2D eigenvalue weighted by molar-refractivity contribution is 9.09. The van der Waals surface area contributed by atoms with E-state index in [1.807, 2.05) is 24.3 Å². The molecule has 0 saturated carbocycles. The maximum absolute atomic E-state index is 12.1. The van der Waals surface area contributed by atoms with Crippen LogP contribution in [0.4, 0.5) is 5.69 Å². The summed E-state index contributed by atoms with van der Waals surface area (Å²) < 4.78 is 10.8. The summed E-state index contributed by atoms with van der Waals surface area (Å²) in [7, 11) is 1.61. The van der Waals surface area contributed by atoms with Crippen molar-refractivity contribution in [3.8, 4) is 5.75 Å².